The Kier molecular flexibility index (Phi) is 7.23. The zero-order valence-electron chi connectivity index (χ0n) is 16.2. The quantitative estimate of drug-likeness (QED) is 0.774. The van der Waals surface area contributed by atoms with Crippen LogP contribution in [-0.4, -0.2) is 38.0 Å². The number of amides is 2. The van der Waals surface area contributed by atoms with Gasteiger partial charge in [-0.15, -0.1) is 0 Å². The number of hydrogen-bond acceptors (Lipinski definition) is 4. The molecule has 0 fully saturated rings. The van der Waals surface area contributed by atoms with Gasteiger partial charge in [0, 0.05) is 38.7 Å². The maximum absolute atomic E-state index is 12.4. The second kappa shape index (κ2) is 9.62. The summed E-state index contributed by atoms with van der Waals surface area (Å²) in [5.41, 5.74) is 2.58. The van der Waals surface area contributed by atoms with Gasteiger partial charge < -0.3 is 19.7 Å². The molecule has 0 saturated carbocycles. The fourth-order valence-electron chi connectivity index (χ4n) is 2.63. The summed E-state index contributed by atoms with van der Waals surface area (Å²) in [7, 11) is 4.93. The van der Waals surface area contributed by atoms with Gasteiger partial charge in [-0.2, -0.15) is 0 Å². The van der Waals surface area contributed by atoms with Crippen molar-refractivity contribution in [3.05, 3.63) is 53.6 Å². The van der Waals surface area contributed by atoms with Crippen molar-refractivity contribution in [3.63, 3.8) is 0 Å². The summed E-state index contributed by atoms with van der Waals surface area (Å²) < 4.78 is 10.5. The molecule has 2 aromatic carbocycles. The van der Waals surface area contributed by atoms with Crippen LogP contribution in [-0.2, 0) is 22.6 Å². The van der Waals surface area contributed by atoms with Crippen molar-refractivity contribution < 1.29 is 19.1 Å². The van der Waals surface area contributed by atoms with Gasteiger partial charge in [0.25, 0.3) is 0 Å². The zero-order valence-corrected chi connectivity index (χ0v) is 16.2. The molecule has 2 aromatic rings. The van der Waals surface area contributed by atoms with Crippen LogP contribution >= 0.6 is 0 Å². The number of benzene rings is 2. The van der Waals surface area contributed by atoms with E-state index in [0.717, 1.165) is 16.8 Å². The van der Waals surface area contributed by atoms with E-state index in [2.05, 4.69) is 5.32 Å². The minimum absolute atomic E-state index is 0.0249. The molecule has 0 bridgehead atoms. The topological polar surface area (TPSA) is 67.9 Å². The Bertz CT molecular complexity index is 782. The van der Waals surface area contributed by atoms with Crippen LogP contribution in [0.3, 0.4) is 0 Å². The molecule has 6 heteroatoms. The second-order valence-electron chi connectivity index (χ2n) is 6.30. The Morgan fingerprint density at radius 3 is 2.26 bits per heavy atom. The van der Waals surface area contributed by atoms with Crippen LogP contribution in [0.25, 0.3) is 0 Å². The van der Waals surface area contributed by atoms with Crippen molar-refractivity contribution in [2.75, 3.05) is 26.6 Å². The average Bonchev–Trinajstić information content (AvgIpc) is 2.67. The number of rotatable bonds is 8. The fraction of sp³-hybridized carbons (Fsp3) is 0.333. The summed E-state index contributed by atoms with van der Waals surface area (Å²) in [6.45, 7) is 1.96. The lowest BCUT2D eigenvalue weighted by Gasteiger charge is -2.18. The molecule has 0 saturated heterocycles. The predicted molar refractivity (Wildman–Crippen MR) is 105 cm³/mol. The summed E-state index contributed by atoms with van der Waals surface area (Å²) in [6, 6.07) is 13.1. The number of nitrogens with zero attached hydrogens (tertiary/aromatic N) is 1. The third kappa shape index (κ3) is 6.02. The molecule has 0 atom stereocenters. The van der Waals surface area contributed by atoms with Crippen LogP contribution in [0.1, 0.15) is 24.5 Å². The maximum atomic E-state index is 12.4. The number of anilines is 1. The van der Waals surface area contributed by atoms with Crippen molar-refractivity contribution in [2.24, 2.45) is 0 Å². The van der Waals surface area contributed by atoms with Gasteiger partial charge in [-0.25, -0.2) is 0 Å². The lowest BCUT2D eigenvalue weighted by Crippen LogP contribution is -2.24. The van der Waals surface area contributed by atoms with Crippen LogP contribution in [0.15, 0.2) is 42.5 Å². The first-order chi connectivity index (χ1) is 12.9. The Morgan fingerprint density at radius 2 is 1.67 bits per heavy atom. The number of hydrogen-bond donors (Lipinski definition) is 1. The maximum Gasteiger partial charge on any atom is 0.224 e. The van der Waals surface area contributed by atoms with E-state index in [0.29, 0.717) is 30.9 Å². The van der Waals surface area contributed by atoms with E-state index in [9.17, 15) is 9.59 Å². The number of methoxy groups -OCH3 is 2. The lowest BCUT2D eigenvalue weighted by atomic mass is 10.1. The highest BCUT2D eigenvalue weighted by molar-refractivity contribution is 5.91. The molecular formula is C21H26N2O4. The highest BCUT2D eigenvalue weighted by Gasteiger charge is 2.11. The Hall–Kier alpha value is -3.02. The summed E-state index contributed by atoms with van der Waals surface area (Å²) in [6.07, 6.45) is 0.891. The lowest BCUT2D eigenvalue weighted by molar-refractivity contribution is -0.128. The molecular weight excluding hydrogens is 344 g/mol. The molecule has 0 aliphatic heterocycles. The third-order valence-corrected chi connectivity index (χ3v) is 4.29. The molecule has 2 rings (SSSR count). The molecule has 144 valence electrons. The molecule has 0 aliphatic carbocycles. The van der Waals surface area contributed by atoms with Crippen molar-refractivity contribution in [1.29, 1.82) is 0 Å². The number of carbonyl (C=O) groups excluding carboxylic acids is 2. The van der Waals surface area contributed by atoms with E-state index in [4.69, 9.17) is 9.47 Å². The highest BCUT2D eigenvalue weighted by Crippen LogP contribution is 2.23. The molecule has 6 nitrogen and oxygen atoms in total. The smallest absolute Gasteiger partial charge is 0.224 e. The van der Waals surface area contributed by atoms with Crippen LogP contribution in [0.5, 0.6) is 11.5 Å². The number of carbonyl (C=O) groups is 2. The molecule has 0 spiro atoms. The largest absolute Gasteiger partial charge is 0.497 e. The van der Waals surface area contributed by atoms with Gasteiger partial charge in [0.05, 0.1) is 14.2 Å². The molecule has 2 amide bonds. The van der Waals surface area contributed by atoms with E-state index >= 15 is 0 Å². The molecule has 27 heavy (non-hydrogen) atoms. The van der Waals surface area contributed by atoms with Crippen molar-refractivity contribution in [2.45, 2.75) is 26.3 Å². The normalized spacial score (nSPS) is 10.2. The van der Waals surface area contributed by atoms with Gasteiger partial charge in [0.2, 0.25) is 11.8 Å². The fourth-order valence-corrected chi connectivity index (χ4v) is 2.63. The van der Waals surface area contributed by atoms with E-state index in [1.165, 1.54) is 6.92 Å². The van der Waals surface area contributed by atoms with Crippen molar-refractivity contribution in [1.82, 2.24) is 4.90 Å². The minimum atomic E-state index is -0.0882. The Morgan fingerprint density at radius 1 is 1.04 bits per heavy atom. The molecule has 1 N–H and O–H groups in total. The molecule has 0 radical (unpaired) electrons. The first-order valence-electron chi connectivity index (χ1n) is 8.74. The first-order valence-corrected chi connectivity index (χ1v) is 8.74. The number of para-hydroxylation sites is 1. The Labute approximate surface area is 160 Å². The van der Waals surface area contributed by atoms with Gasteiger partial charge in [-0.3, -0.25) is 9.59 Å². The van der Waals surface area contributed by atoms with Gasteiger partial charge in [0.1, 0.15) is 11.5 Å². The van der Waals surface area contributed by atoms with Crippen molar-refractivity contribution >= 4 is 17.5 Å². The van der Waals surface area contributed by atoms with Gasteiger partial charge in [-0.1, -0.05) is 18.2 Å². The van der Waals surface area contributed by atoms with Gasteiger partial charge in [0.15, 0.2) is 0 Å². The number of nitrogens with one attached hydrogen (secondary N) is 1. The summed E-state index contributed by atoms with van der Waals surface area (Å²) in [4.78, 5) is 25.5. The van der Waals surface area contributed by atoms with Gasteiger partial charge in [-0.05, 0) is 35.7 Å². The van der Waals surface area contributed by atoms with Crippen LogP contribution < -0.4 is 14.8 Å². The number of ether oxygens (including phenoxy) is 2. The van der Waals surface area contributed by atoms with E-state index in [-0.39, 0.29) is 11.8 Å². The highest BCUT2D eigenvalue weighted by atomic mass is 16.5. The standard InChI is InChI=1S/C21H26N2O4/c1-15(24)23(2)14-17-7-5-6-8-20(17)22-21(25)10-9-16-11-18(26-3)13-19(12-16)27-4/h5-8,11-13H,9-10,14H2,1-4H3,(H,22,25). The molecule has 0 heterocycles. The van der Waals surface area contributed by atoms with E-state index in [1.54, 1.807) is 32.2 Å². The summed E-state index contributed by atoms with van der Waals surface area (Å²) in [5.74, 6) is 1.28. The number of aryl methyl sites for hydroxylation is 1. The molecule has 0 unspecified atom stereocenters. The van der Waals surface area contributed by atoms with E-state index in [1.807, 2.05) is 36.4 Å². The Balaban J connectivity index is 2.01. The summed E-state index contributed by atoms with van der Waals surface area (Å²) in [5, 5.41) is 2.94. The van der Waals surface area contributed by atoms with Gasteiger partial charge >= 0.3 is 0 Å². The van der Waals surface area contributed by atoms with Crippen LogP contribution in [0.2, 0.25) is 0 Å². The summed E-state index contributed by atoms with van der Waals surface area (Å²) >= 11 is 0. The van der Waals surface area contributed by atoms with Crippen LogP contribution in [0.4, 0.5) is 5.69 Å². The predicted octanol–water partition coefficient (Wildman–Crippen LogP) is 3.25. The molecule has 0 aromatic heterocycles. The van der Waals surface area contributed by atoms with E-state index < -0.39 is 0 Å². The second-order valence-corrected chi connectivity index (χ2v) is 6.30. The average molecular weight is 370 g/mol. The van der Waals surface area contributed by atoms with Crippen LogP contribution in [0, 0.1) is 0 Å². The monoisotopic (exact) mass is 370 g/mol. The first kappa shape index (κ1) is 20.3. The molecule has 0 aliphatic rings. The minimum Gasteiger partial charge on any atom is -0.497 e. The zero-order chi connectivity index (χ0) is 19.8. The van der Waals surface area contributed by atoms with Crippen molar-refractivity contribution in [3.8, 4) is 11.5 Å². The SMILES string of the molecule is COc1cc(CCC(=O)Nc2ccccc2CN(C)C(C)=O)cc(OC)c1. The third-order valence-electron chi connectivity index (χ3n) is 4.29.